The van der Waals surface area contributed by atoms with E-state index in [1.807, 2.05) is 9.58 Å². The minimum absolute atomic E-state index is 0. The number of carbonyl (C=O) groups is 1. The van der Waals surface area contributed by atoms with Gasteiger partial charge in [0.2, 0.25) is 0 Å². The molecule has 28 heavy (non-hydrogen) atoms. The maximum atomic E-state index is 13.4. The maximum Gasteiger partial charge on any atom is 0.274 e. The Hall–Kier alpha value is -1.85. The van der Waals surface area contributed by atoms with Crippen LogP contribution in [0.2, 0.25) is 0 Å². The van der Waals surface area contributed by atoms with Crippen molar-refractivity contribution < 1.29 is 4.79 Å². The third kappa shape index (κ3) is 3.83. The maximum absolute atomic E-state index is 13.4. The number of rotatable bonds is 3. The molecule has 152 valence electrons. The highest BCUT2D eigenvalue weighted by Gasteiger charge is 2.34. The molecule has 6 heteroatoms. The van der Waals surface area contributed by atoms with Crippen LogP contribution < -0.4 is 5.73 Å². The highest BCUT2D eigenvalue weighted by Crippen LogP contribution is 2.30. The third-order valence-corrected chi connectivity index (χ3v) is 6.17. The summed E-state index contributed by atoms with van der Waals surface area (Å²) in [4.78, 5) is 15.4. The second kappa shape index (κ2) is 8.66. The van der Waals surface area contributed by atoms with Gasteiger partial charge in [0.05, 0.1) is 5.69 Å². The number of aromatic nitrogens is 2. The fourth-order valence-electron chi connectivity index (χ4n) is 4.55. The van der Waals surface area contributed by atoms with Crippen molar-refractivity contribution in [3.8, 4) is 5.69 Å². The number of hydrogen-bond acceptors (Lipinski definition) is 3. The molecular formula is C22H31ClN4O. The van der Waals surface area contributed by atoms with Gasteiger partial charge in [-0.2, -0.15) is 5.10 Å². The van der Waals surface area contributed by atoms with Crippen LogP contribution in [-0.4, -0.2) is 39.7 Å². The van der Waals surface area contributed by atoms with E-state index in [0.717, 1.165) is 56.3 Å². The molecule has 2 N–H and O–H groups in total. The van der Waals surface area contributed by atoms with Crippen LogP contribution in [0.25, 0.3) is 5.69 Å². The molecule has 1 amide bonds. The number of benzene rings is 1. The minimum atomic E-state index is 0. The minimum Gasteiger partial charge on any atom is -0.333 e. The molecule has 2 unspecified atom stereocenters. The number of likely N-dealkylation sites (tertiary alicyclic amines) is 1. The number of nitrogens with two attached hydrogens (primary N) is 1. The van der Waals surface area contributed by atoms with Gasteiger partial charge in [-0.05, 0) is 63.5 Å². The average molecular weight is 403 g/mol. The zero-order valence-electron chi connectivity index (χ0n) is 16.9. The van der Waals surface area contributed by atoms with Gasteiger partial charge in [-0.1, -0.05) is 24.6 Å². The van der Waals surface area contributed by atoms with Crippen LogP contribution in [-0.2, 0) is 12.8 Å². The van der Waals surface area contributed by atoms with Crippen molar-refractivity contribution in [2.45, 2.75) is 58.4 Å². The molecular weight excluding hydrogens is 372 g/mol. The fraction of sp³-hybridized carbons (Fsp3) is 0.545. The standard InChI is InChI=1S/C22H30N4O.ClH/c1-15-7-9-17(10-8-15)26-20-6-4-3-5-19(20)21(24-26)22(27)25-12-11-16(2)13-18(25)14-23;/h7-10,16,18H,3-6,11-14,23H2,1-2H3;1H. The zero-order valence-corrected chi connectivity index (χ0v) is 17.7. The van der Waals surface area contributed by atoms with Gasteiger partial charge in [-0.15, -0.1) is 12.4 Å². The van der Waals surface area contributed by atoms with Crippen molar-refractivity contribution >= 4 is 18.3 Å². The monoisotopic (exact) mass is 402 g/mol. The van der Waals surface area contributed by atoms with Crippen molar-refractivity contribution in [2.75, 3.05) is 13.1 Å². The second-order valence-electron chi connectivity index (χ2n) is 8.25. The number of piperidine rings is 1. The Morgan fingerprint density at radius 3 is 2.64 bits per heavy atom. The zero-order chi connectivity index (χ0) is 19.0. The number of halogens is 1. The lowest BCUT2D eigenvalue weighted by Gasteiger charge is -2.37. The van der Waals surface area contributed by atoms with E-state index < -0.39 is 0 Å². The molecule has 0 bridgehead atoms. The van der Waals surface area contributed by atoms with E-state index in [1.165, 1.54) is 11.3 Å². The normalized spacial score (nSPS) is 21.8. The van der Waals surface area contributed by atoms with Crippen molar-refractivity contribution in [3.05, 3.63) is 46.8 Å². The molecule has 2 aliphatic rings. The van der Waals surface area contributed by atoms with E-state index in [2.05, 4.69) is 38.1 Å². The summed E-state index contributed by atoms with van der Waals surface area (Å²) in [5.74, 6) is 0.697. The van der Waals surface area contributed by atoms with Crippen molar-refractivity contribution in [3.63, 3.8) is 0 Å². The number of hydrogen-bond donors (Lipinski definition) is 1. The Labute approximate surface area is 173 Å². The molecule has 2 atom stereocenters. The topological polar surface area (TPSA) is 64.2 Å². The first-order chi connectivity index (χ1) is 13.1. The number of aryl methyl sites for hydroxylation is 1. The Balaban J connectivity index is 0.00000225. The summed E-state index contributed by atoms with van der Waals surface area (Å²) < 4.78 is 2.01. The predicted molar refractivity (Wildman–Crippen MR) is 114 cm³/mol. The molecule has 0 spiro atoms. The molecule has 1 aliphatic carbocycles. The molecule has 0 radical (unpaired) electrons. The Bertz CT molecular complexity index is 830. The number of amides is 1. The molecule has 1 saturated heterocycles. The summed E-state index contributed by atoms with van der Waals surface area (Å²) in [5.41, 5.74) is 11.3. The Morgan fingerprint density at radius 1 is 1.21 bits per heavy atom. The largest absolute Gasteiger partial charge is 0.333 e. The molecule has 1 aromatic carbocycles. The van der Waals surface area contributed by atoms with Crippen LogP contribution in [0.3, 0.4) is 0 Å². The number of fused-ring (bicyclic) bond motifs is 1. The Morgan fingerprint density at radius 2 is 1.93 bits per heavy atom. The number of nitrogens with zero attached hydrogens (tertiary/aromatic N) is 3. The van der Waals surface area contributed by atoms with Gasteiger partial charge in [0, 0.05) is 30.4 Å². The predicted octanol–water partition coefficient (Wildman–Crippen LogP) is 3.68. The fourth-order valence-corrected chi connectivity index (χ4v) is 4.55. The first-order valence-corrected chi connectivity index (χ1v) is 10.3. The van der Waals surface area contributed by atoms with Crippen LogP contribution >= 0.6 is 12.4 Å². The van der Waals surface area contributed by atoms with Crippen LogP contribution in [0.4, 0.5) is 0 Å². The lowest BCUT2D eigenvalue weighted by atomic mass is 9.91. The summed E-state index contributed by atoms with van der Waals surface area (Å²) in [6.45, 7) is 5.64. The van der Waals surface area contributed by atoms with Crippen LogP contribution in [0.5, 0.6) is 0 Å². The first-order valence-electron chi connectivity index (χ1n) is 10.3. The van der Waals surface area contributed by atoms with E-state index >= 15 is 0 Å². The number of carbonyl (C=O) groups excluding carboxylic acids is 1. The second-order valence-corrected chi connectivity index (χ2v) is 8.25. The van der Waals surface area contributed by atoms with E-state index in [1.54, 1.807) is 0 Å². The first kappa shape index (κ1) is 20.9. The van der Waals surface area contributed by atoms with E-state index in [9.17, 15) is 4.79 Å². The van der Waals surface area contributed by atoms with Gasteiger partial charge in [-0.25, -0.2) is 4.68 Å². The quantitative estimate of drug-likeness (QED) is 0.851. The van der Waals surface area contributed by atoms with E-state index in [4.69, 9.17) is 10.8 Å². The van der Waals surface area contributed by atoms with Gasteiger partial charge in [0.25, 0.3) is 5.91 Å². The van der Waals surface area contributed by atoms with Crippen LogP contribution in [0.1, 0.15) is 59.9 Å². The summed E-state index contributed by atoms with van der Waals surface area (Å²) in [7, 11) is 0. The summed E-state index contributed by atoms with van der Waals surface area (Å²) in [6.07, 6.45) is 6.25. The van der Waals surface area contributed by atoms with E-state index in [-0.39, 0.29) is 24.4 Å². The molecule has 5 nitrogen and oxygen atoms in total. The van der Waals surface area contributed by atoms with Gasteiger partial charge < -0.3 is 10.6 Å². The molecule has 1 aromatic heterocycles. The van der Waals surface area contributed by atoms with Gasteiger partial charge >= 0.3 is 0 Å². The lowest BCUT2D eigenvalue weighted by Crippen LogP contribution is -2.49. The van der Waals surface area contributed by atoms with Crippen molar-refractivity contribution in [2.24, 2.45) is 11.7 Å². The average Bonchev–Trinajstić information content (AvgIpc) is 3.07. The molecule has 0 saturated carbocycles. The molecule has 2 aromatic rings. The van der Waals surface area contributed by atoms with Gasteiger partial charge in [-0.3, -0.25) is 4.79 Å². The van der Waals surface area contributed by atoms with E-state index in [0.29, 0.717) is 18.2 Å². The van der Waals surface area contributed by atoms with Crippen molar-refractivity contribution in [1.82, 2.24) is 14.7 Å². The molecule has 1 aliphatic heterocycles. The molecule has 1 fully saturated rings. The lowest BCUT2D eigenvalue weighted by molar-refractivity contribution is 0.0566. The summed E-state index contributed by atoms with van der Waals surface area (Å²) >= 11 is 0. The van der Waals surface area contributed by atoms with Gasteiger partial charge in [0.1, 0.15) is 0 Å². The summed E-state index contributed by atoms with van der Waals surface area (Å²) in [6, 6.07) is 8.52. The highest BCUT2D eigenvalue weighted by molar-refractivity contribution is 5.94. The Kier molecular flexibility index (Phi) is 6.46. The van der Waals surface area contributed by atoms with Crippen LogP contribution in [0, 0.1) is 12.8 Å². The SMILES string of the molecule is Cc1ccc(-n2nc(C(=O)N3CCC(C)CC3CN)c3c2CCCC3)cc1.Cl. The molecule has 4 rings (SSSR count). The highest BCUT2D eigenvalue weighted by atomic mass is 35.5. The third-order valence-electron chi connectivity index (χ3n) is 6.17. The van der Waals surface area contributed by atoms with Crippen molar-refractivity contribution in [1.29, 1.82) is 0 Å². The molecule has 2 heterocycles. The van der Waals surface area contributed by atoms with Gasteiger partial charge in [0.15, 0.2) is 5.69 Å². The van der Waals surface area contributed by atoms with Crippen LogP contribution in [0.15, 0.2) is 24.3 Å². The smallest absolute Gasteiger partial charge is 0.274 e. The summed E-state index contributed by atoms with van der Waals surface area (Å²) in [5, 5.41) is 4.84.